The van der Waals surface area contributed by atoms with Gasteiger partial charge in [0, 0.05) is 36.2 Å². The van der Waals surface area contributed by atoms with E-state index in [-0.39, 0.29) is 23.9 Å². The number of fused-ring (bicyclic) bond motifs is 1. The van der Waals surface area contributed by atoms with Crippen LogP contribution in [0.1, 0.15) is 63.2 Å². The van der Waals surface area contributed by atoms with E-state index >= 15 is 0 Å². The van der Waals surface area contributed by atoms with Crippen molar-refractivity contribution in [1.82, 2.24) is 14.8 Å². The van der Waals surface area contributed by atoms with Crippen LogP contribution in [0.25, 0.3) is 10.9 Å². The zero-order chi connectivity index (χ0) is 22.2. The molecule has 2 amide bonds. The molecule has 6 nitrogen and oxygen atoms in total. The predicted octanol–water partition coefficient (Wildman–Crippen LogP) is 3.78. The van der Waals surface area contributed by atoms with Crippen LogP contribution in [0.5, 0.6) is 0 Å². The van der Waals surface area contributed by atoms with Gasteiger partial charge < -0.3 is 14.8 Å². The van der Waals surface area contributed by atoms with Crippen LogP contribution in [0.15, 0.2) is 30.5 Å². The highest BCUT2D eigenvalue weighted by Crippen LogP contribution is 2.38. The number of rotatable bonds is 5. The van der Waals surface area contributed by atoms with Crippen molar-refractivity contribution in [3.05, 3.63) is 36.0 Å². The monoisotopic (exact) mass is 423 g/mol. The summed E-state index contributed by atoms with van der Waals surface area (Å²) >= 11 is 0. The molecule has 1 aromatic carbocycles. The first-order valence-corrected chi connectivity index (χ1v) is 11.4. The zero-order valence-electron chi connectivity index (χ0n) is 18.8. The van der Waals surface area contributed by atoms with Gasteiger partial charge in [-0.15, -0.1) is 0 Å². The van der Waals surface area contributed by atoms with E-state index in [0.29, 0.717) is 16.9 Å². The highest BCUT2D eigenvalue weighted by atomic mass is 16.2. The number of aromatic nitrogens is 1. The Hall–Kier alpha value is -2.63. The Morgan fingerprint density at radius 2 is 1.81 bits per heavy atom. The lowest BCUT2D eigenvalue weighted by molar-refractivity contribution is -0.130. The molecule has 0 unspecified atom stereocenters. The summed E-state index contributed by atoms with van der Waals surface area (Å²) in [6, 6.07) is 7.50. The Morgan fingerprint density at radius 3 is 2.52 bits per heavy atom. The van der Waals surface area contributed by atoms with Gasteiger partial charge >= 0.3 is 0 Å². The maximum atomic E-state index is 13.1. The first-order chi connectivity index (χ1) is 14.7. The number of hydrogen-bond donors (Lipinski definition) is 1. The summed E-state index contributed by atoms with van der Waals surface area (Å²) in [5.41, 5.74) is 1.33. The minimum absolute atomic E-state index is 0.0142. The number of amides is 2. The van der Waals surface area contributed by atoms with Gasteiger partial charge in [0.25, 0.3) is 11.7 Å². The second-order valence-corrected chi connectivity index (χ2v) is 10.2. The smallest absolute Gasteiger partial charge is 0.292 e. The van der Waals surface area contributed by atoms with Crippen LogP contribution < -0.4 is 5.32 Å². The Bertz CT molecular complexity index is 1000. The Morgan fingerprint density at radius 1 is 1.10 bits per heavy atom. The molecule has 0 bridgehead atoms. The molecule has 2 heterocycles. The third kappa shape index (κ3) is 4.68. The van der Waals surface area contributed by atoms with Crippen LogP contribution in [-0.4, -0.2) is 46.2 Å². The molecule has 2 fully saturated rings. The number of likely N-dealkylation sites (tertiary alicyclic amines) is 1. The number of Topliss-reactive ketones (excluding diaryl/α,β-unsaturated/α-hetero) is 1. The minimum Gasteiger partial charge on any atom is -0.346 e. The van der Waals surface area contributed by atoms with Crippen molar-refractivity contribution >= 4 is 28.5 Å². The van der Waals surface area contributed by atoms with Gasteiger partial charge in [-0.25, -0.2) is 0 Å². The Labute approximate surface area is 184 Å². The SMILES string of the molecule is C[C@H]1C[C@@H](NC(=O)C(=O)c2cn(CC(=O)N3CCCC3)c3ccccc23)CC(C)(C)C1. The molecule has 2 aliphatic rings. The van der Waals surface area contributed by atoms with E-state index in [1.54, 1.807) is 6.20 Å². The van der Waals surface area contributed by atoms with E-state index in [1.807, 2.05) is 33.7 Å². The largest absolute Gasteiger partial charge is 0.346 e. The average molecular weight is 424 g/mol. The first kappa shape index (κ1) is 21.6. The number of carbonyl (C=O) groups excluding carboxylic acids is 3. The van der Waals surface area contributed by atoms with Crippen molar-refractivity contribution in [2.24, 2.45) is 11.3 Å². The second-order valence-electron chi connectivity index (χ2n) is 10.2. The van der Waals surface area contributed by atoms with Gasteiger partial charge in [-0.2, -0.15) is 0 Å². The number of hydrogen-bond acceptors (Lipinski definition) is 3. The number of nitrogens with one attached hydrogen (secondary N) is 1. The predicted molar refractivity (Wildman–Crippen MR) is 121 cm³/mol. The van der Waals surface area contributed by atoms with Crippen LogP contribution in [-0.2, 0) is 16.1 Å². The summed E-state index contributed by atoms with van der Waals surface area (Å²) in [5, 5.41) is 3.71. The summed E-state index contributed by atoms with van der Waals surface area (Å²) in [6.07, 6.45) is 6.66. The molecule has 1 saturated heterocycles. The molecule has 0 radical (unpaired) electrons. The average Bonchev–Trinajstić information content (AvgIpc) is 3.34. The van der Waals surface area contributed by atoms with Crippen molar-refractivity contribution in [2.75, 3.05) is 13.1 Å². The normalized spacial score (nSPS) is 23.1. The van der Waals surface area contributed by atoms with E-state index in [2.05, 4.69) is 26.1 Å². The third-order valence-electron chi connectivity index (χ3n) is 6.73. The van der Waals surface area contributed by atoms with Crippen molar-refractivity contribution in [3.8, 4) is 0 Å². The summed E-state index contributed by atoms with van der Waals surface area (Å²) in [6.45, 7) is 8.41. The van der Waals surface area contributed by atoms with Crippen LogP contribution in [0.4, 0.5) is 0 Å². The quantitative estimate of drug-likeness (QED) is 0.588. The molecule has 1 N–H and O–H groups in total. The molecule has 1 aliphatic heterocycles. The Kier molecular flexibility index (Phi) is 5.91. The minimum atomic E-state index is -0.552. The molecule has 0 spiro atoms. The summed E-state index contributed by atoms with van der Waals surface area (Å²) in [7, 11) is 0. The molecule has 31 heavy (non-hydrogen) atoms. The standard InChI is InChI=1S/C25H33N3O3/c1-17-12-18(14-25(2,3)13-17)26-24(31)23(30)20-15-28(21-9-5-4-8-19(20)21)16-22(29)27-10-6-7-11-27/h4-5,8-9,15,17-18H,6-7,10-14,16H2,1-3H3,(H,26,31)/t17-,18+/m0/s1. The van der Waals surface area contributed by atoms with Gasteiger partial charge in [0.15, 0.2) is 0 Å². The molecule has 2 aromatic rings. The molecule has 1 aromatic heterocycles. The van der Waals surface area contributed by atoms with Crippen molar-refractivity contribution in [2.45, 2.75) is 65.5 Å². The number of para-hydroxylation sites is 1. The number of nitrogens with zero attached hydrogens (tertiary/aromatic N) is 2. The lowest BCUT2D eigenvalue weighted by Crippen LogP contribution is -2.45. The summed E-state index contributed by atoms with van der Waals surface area (Å²) in [4.78, 5) is 40.5. The third-order valence-corrected chi connectivity index (χ3v) is 6.73. The highest BCUT2D eigenvalue weighted by molar-refractivity contribution is 6.45. The fourth-order valence-corrected chi connectivity index (χ4v) is 5.60. The van der Waals surface area contributed by atoms with E-state index in [4.69, 9.17) is 0 Å². The van der Waals surface area contributed by atoms with Crippen LogP contribution >= 0.6 is 0 Å². The molecule has 2 atom stereocenters. The second kappa shape index (κ2) is 8.48. The van der Waals surface area contributed by atoms with Crippen LogP contribution in [0.3, 0.4) is 0 Å². The maximum Gasteiger partial charge on any atom is 0.292 e. The van der Waals surface area contributed by atoms with Crippen LogP contribution in [0, 0.1) is 11.3 Å². The first-order valence-electron chi connectivity index (χ1n) is 11.4. The summed E-state index contributed by atoms with van der Waals surface area (Å²) < 4.78 is 1.81. The Balaban J connectivity index is 1.53. The van der Waals surface area contributed by atoms with E-state index < -0.39 is 11.7 Å². The molecule has 4 rings (SSSR count). The summed E-state index contributed by atoms with van der Waals surface area (Å²) in [5.74, 6) is -0.508. The lowest BCUT2D eigenvalue weighted by atomic mass is 9.70. The van der Waals surface area contributed by atoms with E-state index in [9.17, 15) is 14.4 Å². The van der Waals surface area contributed by atoms with Gasteiger partial charge in [0.05, 0.1) is 5.56 Å². The fraction of sp³-hybridized carbons (Fsp3) is 0.560. The van der Waals surface area contributed by atoms with Gasteiger partial charge in [-0.1, -0.05) is 39.0 Å². The highest BCUT2D eigenvalue weighted by Gasteiger charge is 2.34. The fourth-order valence-electron chi connectivity index (χ4n) is 5.60. The zero-order valence-corrected chi connectivity index (χ0v) is 18.8. The van der Waals surface area contributed by atoms with E-state index in [1.165, 1.54) is 0 Å². The molecule has 6 heteroatoms. The van der Waals surface area contributed by atoms with Crippen LogP contribution in [0.2, 0.25) is 0 Å². The van der Waals surface area contributed by atoms with E-state index in [0.717, 1.165) is 50.7 Å². The molecule has 166 valence electrons. The number of benzene rings is 1. The van der Waals surface area contributed by atoms with Crippen molar-refractivity contribution in [3.63, 3.8) is 0 Å². The van der Waals surface area contributed by atoms with Crippen molar-refractivity contribution in [1.29, 1.82) is 0 Å². The molecule has 1 aliphatic carbocycles. The topological polar surface area (TPSA) is 71.4 Å². The van der Waals surface area contributed by atoms with Gasteiger partial charge in [0.1, 0.15) is 6.54 Å². The number of carbonyl (C=O) groups is 3. The van der Waals surface area contributed by atoms with Gasteiger partial charge in [-0.3, -0.25) is 14.4 Å². The lowest BCUT2D eigenvalue weighted by Gasteiger charge is -2.39. The number of ketones is 1. The maximum absolute atomic E-state index is 13.1. The van der Waals surface area contributed by atoms with Gasteiger partial charge in [-0.05, 0) is 49.5 Å². The van der Waals surface area contributed by atoms with Crippen molar-refractivity contribution < 1.29 is 14.4 Å². The molecule has 1 saturated carbocycles. The molecular formula is C25H33N3O3. The van der Waals surface area contributed by atoms with Gasteiger partial charge in [0.2, 0.25) is 5.91 Å². The molecular weight excluding hydrogens is 390 g/mol.